The standard InChI is InChI=1S/C18H21ClN2O3S/c1-12-7-5-8-13(2)17(12)20-18(22)14(3)21(25(4,23)24)16-10-6-9-15(19)11-16/h5-11,14H,1-4H3,(H,20,22)/t14-/m0/s1. The lowest BCUT2D eigenvalue weighted by Crippen LogP contribution is -2.45. The van der Waals surface area contributed by atoms with E-state index in [9.17, 15) is 13.2 Å². The van der Waals surface area contributed by atoms with Crippen LogP contribution in [-0.2, 0) is 14.8 Å². The van der Waals surface area contributed by atoms with Crippen molar-refractivity contribution in [3.05, 3.63) is 58.6 Å². The van der Waals surface area contributed by atoms with Crippen LogP contribution in [0.4, 0.5) is 11.4 Å². The van der Waals surface area contributed by atoms with E-state index >= 15 is 0 Å². The number of rotatable bonds is 5. The van der Waals surface area contributed by atoms with Gasteiger partial charge in [-0.3, -0.25) is 9.10 Å². The summed E-state index contributed by atoms with van der Waals surface area (Å²) in [5.41, 5.74) is 2.86. The molecule has 0 heterocycles. The van der Waals surface area contributed by atoms with Gasteiger partial charge in [0.1, 0.15) is 6.04 Å². The second-order valence-electron chi connectivity index (χ2n) is 5.97. The number of benzene rings is 2. The van der Waals surface area contributed by atoms with E-state index in [1.165, 1.54) is 6.07 Å². The summed E-state index contributed by atoms with van der Waals surface area (Å²) in [5.74, 6) is -0.414. The highest BCUT2D eigenvalue weighted by Gasteiger charge is 2.29. The molecule has 0 radical (unpaired) electrons. The molecule has 25 heavy (non-hydrogen) atoms. The first-order valence-electron chi connectivity index (χ1n) is 7.73. The van der Waals surface area contributed by atoms with Crippen molar-refractivity contribution in [2.45, 2.75) is 26.8 Å². The number of nitrogens with zero attached hydrogens (tertiary/aromatic N) is 1. The molecule has 134 valence electrons. The third kappa shape index (κ3) is 4.52. The Morgan fingerprint density at radius 3 is 2.20 bits per heavy atom. The van der Waals surface area contributed by atoms with Gasteiger partial charge in [0.2, 0.25) is 15.9 Å². The molecule has 0 saturated carbocycles. The van der Waals surface area contributed by atoms with Gasteiger partial charge in [0, 0.05) is 10.7 Å². The van der Waals surface area contributed by atoms with Crippen LogP contribution in [0.5, 0.6) is 0 Å². The average molecular weight is 381 g/mol. The van der Waals surface area contributed by atoms with Gasteiger partial charge in [-0.25, -0.2) is 8.42 Å². The number of aryl methyl sites for hydroxylation is 2. The van der Waals surface area contributed by atoms with Gasteiger partial charge >= 0.3 is 0 Å². The third-order valence-corrected chi connectivity index (χ3v) is 5.36. The second-order valence-corrected chi connectivity index (χ2v) is 8.27. The molecule has 0 spiro atoms. The summed E-state index contributed by atoms with van der Waals surface area (Å²) in [5, 5.41) is 3.23. The number of carbonyl (C=O) groups excluding carboxylic acids is 1. The Kier molecular flexibility index (Phi) is 5.75. The molecular weight excluding hydrogens is 360 g/mol. The quantitative estimate of drug-likeness (QED) is 0.858. The number of para-hydroxylation sites is 1. The molecule has 0 aliphatic heterocycles. The van der Waals surface area contributed by atoms with Crippen molar-refractivity contribution in [1.29, 1.82) is 0 Å². The summed E-state index contributed by atoms with van der Waals surface area (Å²) in [6, 6.07) is 11.2. The van der Waals surface area contributed by atoms with Crippen LogP contribution in [0.15, 0.2) is 42.5 Å². The van der Waals surface area contributed by atoms with Crippen LogP contribution in [0.2, 0.25) is 5.02 Å². The van der Waals surface area contributed by atoms with Gasteiger partial charge in [-0.1, -0.05) is 35.9 Å². The van der Waals surface area contributed by atoms with E-state index in [1.807, 2.05) is 32.0 Å². The van der Waals surface area contributed by atoms with Gasteiger partial charge in [0.25, 0.3) is 0 Å². The largest absolute Gasteiger partial charge is 0.324 e. The maximum Gasteiger partial charge on any atom is 0.248 e. The Labute approximate surface area is 153 Å². The molecule has 0 aliphatic rings. The maximum absolute atomic E-state index is 12.7. The maximum atomic E-state index is 12.7. The molecular formula is C18H21ClN2O3S. The van der Waals surface area contributed by atoms with Gasteiger partial charge in [0.15, 0.2) is 0 Å². The van der Waals surface area contributed by atoms with Crippen molar-refractivity contribution < 1.29 is 13.2 Å². The van der Waals surface area contributed by atoms with Crippen LogP contribution >= 0.6 is 11.6 Å². The smallest absolute Gasteiger partial charge is 0.248 e. The molecule has 1 amide bonds. The lowest BCUT2D eigenvalue weighted by atomic mass is 10.1. The number of carbonyl (C=O) groups is 1. The monoisotopic (exact) mass is 380 g/mol. The van der Waals surface area contributed by atoms with Crippen LogP contribution in [0.25, 0.3) is 0 Å². The van der Waals surface area contributed by atoms with Crippen molar-refractivity contribution in [2.75, 3.05) is 15.9 Å². The Bertz CT molecular complexity index is 877. The van der Waals surface area contributed by atoms with Gasteiger partial charge < -0.3 is 5.32 Å². The molecule has 2 aromatic carbocycles. The van der Waals surface area contributed by atoms with Crippen LogP contribution in [0.3, 0.4) is 0 Å². The molecule has 7 heteroatoms. The topological polar surface area (TPSA) is 66.5 Å². The average Bonchev–Trinajstić information content (AvgIpc) is 2.49. The van der Waals surface area contributed by atoms with Crippen LogP contribution in [-0.4, -0.2) is 26.6 Å². The summed E-state index contributed by atoms with van der Waals surface area (Å²) < 4.78 is 25.6. The Morgan fingerprint density at radius 1 is 1.12 bits per heavy atom. The lowest BCUT2D eigenvalue weighted by Gasteiger charge is -2.28. The molecule has 2 aromatic rings. The highest BCUT2D eigenvalue weighted by molar-refractivity contribution is 7.92. The van der Waals surface area contributed by atoms with Gasteiger partial charge in [-0.15, -0.1) is 0 Å². The number of sulfonamides is 1. The predicted octanol–water partition coefficient (Wildman–Crippen LogP) is 3.75. The van der Waals surface area contributed by atoms with E-state index in [2.05, 4.69) is 5.32 Å². The number of halogens is 1. The molecule has 0 aromatic heterocycles. The van der Waals surface area contributed by atoms with Crippen molar-refractivity contribution in [3.63, 3.8) is 0 Å². The fourth-order valence-electron chi connectivity index (χ4n) is 2.66. The Hall–Kier alpha value is -2.05. The summed E-state index contributed by atoms with van der Waals surface area (Å²) in [6.07, 6.45) is 1.07. The minimum absolute atomic E-state index is 0.346. The molecule has 0 aliphatic carbocycles. The molecule has 0 unspecified atom stereocenters. The van der Waals surface area contributed by atoms with Crippen molar-refractivity contribution in [3.8, 4) is 0 Å². The molecule has 1 atom stereocenters. The number of anilines is 2. The van der Waals surface area contributed by atoms with Crippen molar-refractivity contribution in [2.24, 2.45) is 0 Å². The molecule has 5 nitrogen and oxygen atoms in total. The molecule has 2 rings (SSSR count). The highest BCUT2D eigenvalue weighted by atomic mass is 35.5. The first-order valence-corrected chi connectivity index (χ1v) is 9.96. The zero-order valence-corrected chi connectivity index (χ0v) is 16.1. The van der Waals surface area contributed by atoms with E-state index < -0.39 is 22.0 Å². The fourth-order valence-corrected chi connectivity index (χ4v) is 4.01. The molecule has 0 saturated heterocycles. The van der Waals surface area contributed by atoms with Gasteiger partial charge in [0.05, 0.1) is 11.9 Å². The van der Waals surface area contributed by atoms with E-state index in [4.69, 9.17) is 11.6 Å². The summed E-state index contributed by atoms with van der Waals surface area (Å²) in [7, 11) is -3.68. The minimum atomic E-state index is -3.68. The zero-order valence-electron chi connectivity index (χ0n) is 14.6. The van der Waals surface area contributed by atoms with Crippen LogP contribution in [0.1, 0.15) is 18.1 Å². The third-order valence-electron chi connectivity index (χ3n) is 3.88. The van der Waals surface area contributed by atoms with Crippen molar-refractivity contribution >= 4 is 38.9 Å². The second kappa shape index (κ2) is 7.45. The molecule has 0 bridgehead atoms. The lowest BCUT2D eigenvalue weighted by molar-refractivity contribution is -0.116. The van der Waals surface area contributed by atoms with E-state index in [0.29, 0.717) is 16.4 Å². The van der Waals surface area contributed by atoms with Crippen LogP contribution in [0, 0.1) is 13.8 Å². The first-order chi connectivity index (χ1) is 11.6. The molecule has 1 N–H and O–H groups in total. The minimum Gasteiger partial charge on any atom is -0.324 e. The highest BCUT2D eigenvalue weighted by Crippen LogP contribution is 2.25. The van der Waals surface area contributed by atoms with Gasteiger partial charge in [-0.2, -0.15) is 0 Å². The van der Waals surface area contributed by atoms with E-state index in [0.717, 1.165) is 21.7 Å². The number of amides is 1. The van der Waals surface area contributed by atoms with Gasteiger partial charge in [-0.05, 0) is 50.1 Å². The van der Waals surface area contributed by atoms with Crippen LogP contribution < -0.4 is 9.62 Å². The molecule has 0 fully saturated rings. The zero-order chi connectivity index (χ0) is 18.8. The van der Waals surface area contributed by atoms with E-state index in [1.54, 1.807) is 25.1 Å². The summed E-state index contributed by atoms with van der Waals surface area (Å²) >= 11 is 5.97. The number of nitrogens with one attached hydrogen (secondary N) is 1. The predicted molar refractivity (Wildman–Crippen MR) is 103 cm³/mol. The summed E-state index contributed by atoms with van der Waals surface area (Å²) in [6.45, 7) is 5.32. The van der Waals surface area contributed by atoms with Crippen molar-refractivity contribution in [1.82, 2.24) is 0 Å². The first kappa shape index (κ1) is 19.3. The van der Waals surface area contributed by atoms with E-state index in [-0.39, 0.29) is 0 Å². The fraction of sp³-hybridized carbons (Fsp3) is 0.278. The summed E-state index contributed by atoms with van der Waals surface area (Å²) in [4.78, 5) is 12.7. The Morgan fingerprint density at radius 2 is 1.68 bits per heavy atom. The SMILES string of the molecule is Cc1cccc(C)c1NC(=O)[C@H](C)N(c1cccc(Cl)c1)S(C)(=O)=O. The normalized spacial score (nSPS) is 12.5. The Balaban J connectivity index is 2.37. The number of hydrogen-bond acceptors (Lipinski definition) is 3. The number of hydrogen-bond donors (Lipinski definition) is 1.